The smallest absolute Gasteiger partial charge is 0.228 e. The maximum absolute atomic E-state index is 4.57. The first kappa shape index (κ1) is 14.8. The van der Waals surface area contributed by atoms with Gasteiger partial charge in [-0.05, 0) is 0 Å². The fraction of sp³-hybridized carbons (Fsp3) is 0.400. The largest absolute Gasteiger partial charge is 0.375 e. The number of nitrogens with zero attached hydrogens (tertiary/aromatic N) is 7. The Morgan fingerprint density at radius 1 is 0.958 bits per heavy atom. The SMILES string of the molecule is C(=C1CNCN1)c1ncnc(N2CCN(c3cncnc3)CC2)n1. The minimum absolute atomic E-state index is 0.685. The van der Waals surface area contributed by atoms with Crippen molar-refractivity contribution in [1.82, 2.24) is 35.6 Å². The summed E-state index contributed by atoms with van der Waals surface area (Å²) in [6, 6.07) is 0. The molecule has 0 aliphatic carbocycles. The van der Waals surface area contributed by atoms with Crippen LogP contribution in [0, 0.1) is 0 Å². The molecule has 0 spiro atoms. The molecule has 4 heterocycles. The van der Waals surface area contributed by atoms with Gasteiger partial charge in [0.25, 0.3) is 0 Å². The fourth-order valence-electron chi connectivity index (χ4n) is 2.83. The van der Waals surface area contributed by atoms with Crippen molar-refractivity contribution in [2.75, 3.05) is 49.2 Å². The highest BCUT2D eigenvalue weighted by Gasteiger charge is 2.20. The van der Waals surface area contributed by atoms with Crippen LogP contribution in [0.2, 0.25) is 0 Å². The minimum atomic E-state index is 0.685. The monoisotopic (exact) mass is 325 g/mol. The highest BCUT2D eigenvalue weighted by atomic mass is 15.3. The van der Waals surface area contributed by atoms with Crippen molar-refractivity contribution in [3.8, 4) is 0 Å². The Morgan fingerprint density at radius 2 is 1.75 bits per heavy atom. The van der Waals surface area contributed by atoms with Crippen LogP contribution in [0.4, 0.5) is 11.6 Å². The predicted molar refractivity (Wildman–Crippen MR) is 90.3 cm³/mol. The lowest BCUT2D eigenvalue weighted by Gasteiger charge is -2.35. The second-order valence-corrected chi connectivity index (χ2v) is 5.66. The molecule has 9 heteroatoms. The molecule has 2 fully saturated rings. The standard InChI is InChI=1S/C15H19N9/c1-3-24(4-2-23(1)13-7-17-9-18-8-13)15-21-11-20-14(22-15)5-12-6-16-10-19-12/h5,7-9,11,16,19H,1-4,6,10H2. The molecular formula is C15H19N9. The van der Waals surface area contributed by atoms with Gasteiger partial charge in [-0.25, -0.2) is 19.9 Å². The average molecular weight is 325 g/mol. The van der Waals surface area contributed by atoms with Crippen LogP contribution in [0.5, 0.6) is 0 Å². The van der Waals surface area contributed by atoms with Crippen LogP contribution in [-0.4, -0.2) is 64.3 Å². The van der Waals surface area contributed by atoms with Gasteiger partial charge >= 0.3 is 0 Å². The summed E-state index contributed by atoms with van der Waals surface area (Å²) in [6.45, 7) is 5.10. The number of hydrogen-bond acceptors (Lipinski definition) is 9. The Labute approximate surface area is 139 Å². The van der Waals surface area contributed by atoms with Crippen LogP contribution in [-0.2, 0) is 0 Å². The molecule has 24 heavy (non-hydrogen) atoms. The third kappa shape index (κ3) is 3.25. The third-order valence-corrected chi connectivity index (χ3v) is 4.11. The lowest BCUT2D eigenvalue weighted by atomic mass is 10.3. The molecule has 124 valence electrons. The van der Waals surface area contributed by atoms with E-state index in [9.17, 15) is 0 Å². The van der Waals surface area contributed by atoms with Gasteiger partial charge in [-0.2, -0.15) is 4.98 Å². The number of piperazine rings is 1. The van der Waals surface area contributed by atoms with E-state index in [1.807, 2.05) is 18.5 Å². The highest BCUT2D eigenvalue weighted by Crippen LogP contribution is 2.16. The third-order valence-electron chi connectivity index (χ3n) is 4.11. The van der Waals surface area contributed by atoms with Gasteiger partial charge in [0.1, 0.15) is 12.7 Å². The van der Waals surface area contributed by atoms with Gasteiger partial charge in [-0.3, -0.25) is 5.32 Å². The van der Waals surface area contributed by atoms with Crippen LogP contribution in [0.1, 0.15) is 5.82 Å². The van der Waals surface area contributed by atoms with E-state index in [4.69, 9.17) is 0 Å². The van der Waals surface area contributed by atoms with Crippen molar-refractivity contribution < 1.29 is 0 Å². The Balaban J connectivity index is 1.43. The molecule has 0 bridgehead atoms. The molecule has 0 amide bonds. The van der Waals surface area contributed by atoms with E-state index in [0.717, 1.165) is 56.7 Å². The maximum atomic E-state index is 4.57. The van der Waals surface area contributed by atoms with Crippen LogP contribution >= 0.6 is 0 Å². The van der Waals surface area contributed by atoms with Crippen molar-refractivity contribution >= 4 is 17.7 Å². The molecule has 0 atom stereocenters. The lowest BCUT2D eigenvalue weighted by Crippen LogP contribution is -2.47. The number of anilines is 2. The number of nitrogens with one attached hydrogen (secondary N) is 2. The molecule has 0 unspecified atom stereocenters. The van der Waals surface area contributed by atoms with Gasteiger partial charge in [0.05, 0.1) is 24.7 Å². The van der Waals surface area contributed by atoms with Crippen LogP contribution in [0.15, 0.2) is 30.7 Å². The van der Waals surface area contributed by atoms with Crippen molar-refractivity contribution in [2.24, 2.45) is 0 Å². The van der Waals surface area contributed by atoms with E-state index in [-0.39, 0.29) is 0 Å². The van der Waals surface area contributed by atoms with E-state index < -0.39 is 0 Å². The quantitative estimate of drug-likeness (QED) is 0.773. The van der Waals surface area contributed by atoms with Gasteiger partial charge in [-0.15, -0.1) is 0 Å². The molecule has 0 radical (unpaired) electrons. The first-order valence-electron chi connectivity index (χ1n) is 7.97. The summed E-state index contributed by atoms with van der Waals surface area (Å²) in [5, 5.41) is 6.46. The van der Waals surface area contributed by atoms with Crippen molar-refractivity contribution in [2.45, 2.75) is 0 Å². The first-order valence-corrected chi connectivity index (χ1v) is 7.97. The molecule has 2 aromatic heterocycles. The molecular weight excluding hydrogens is 306 g/mol. The highest BCUT2D eigenvalue weighted by molar-refractivity contribution is 5.48. The molecule has 0 saturated carbocycles. The van der Waals surface area contributed by atoms with Gasteiger partial charge in [0.15, 0.2) is 5.82 Å². The summed E-state index contributed by atoms with van der Waals surface area (Å²) in [4.78, 5) is 25.8. The zero-order valence-corrected chi connectivity index (χ0v) is 13.3. The summed E-state index contributed by atoms with van der Waals surface area (Å²) >= 11 is 0. The van der Waals surface area contributed by atoms with E-state index in [1.54, 1.807) is 12.7 Å². The summed E-state index contributed by atoms with van der Waals surface area (Å²) in [6.07, 6.45) is 8.78. The molecule has 0 aromatic carbocycles. The molecule has 2 aromatic rings. The number of rotatable bonds is 3. The van der Waals surface area contributed by atoms with Crippen molar-refractivity contribution in [3.63, 3.8) is 0 Å². The van der Waals surface area contributed by atoms with Gasteiger partial charge < -0.3 is 15.1 Å². The molecule has 9 nitrogen and oxygen atoms in total. The second kappa shape index (κ2) is 6.75. The van der Waals surface area contributed by atoms with Crippen LogP contribution in [0.3, 0.4) is 0 Å². The molecule has 2 N–H and O–H groups in total. The Bertz CT molecular complexity index is 702. The number of hydrogen-bond donors (Lipinski definition) is 2. The van der Waals surface area contributed by atoms with Crippen molar-refractivity contribution in [3.05, 3.63) is 36.6 Å². The maximum Gasteiger partial charge on any atom is 0.228 e. The zero-order valence-electron chi connectivity index (χ0n) is 13.3. The van der Waals surface area contributed by atoms with Gasteiger partial charge in [0.2, 0.25) is 5.95 Å². The average Bonchev–Trinajstić information content (AvgIpc) is 3.16. The van der Waals surface area contributed by atoms with E-state index in [2.05, 4.69) is 45.4 Å². The van der Waals surface area contributed by atoms with E-state index in [1.165, 1.54) is 0 Å². The summed E-state index contributed by atoms with van der Waals surface area (Å²) in [5.74, 6) is 1.41. The zero-order chi connectivity index (χ0) is 16.2. The minimum Gasteiger partial charge on any atom is -0.375 e. The lowest BCUT2D eigenvalue weighted by molar-refractivity contribution is 0.636. The second-order valence-electron chi connectivity index (χ2n) is 5.66. The molecule has 2 saturated heterocycles. The van der Waals surface area contributed by atoms with Crippen LogP contribution < -0.4 is 20.4 Å². The Kier molecular flexibility index (Phi) is 4.15. The topological polar surface area (TPSA) is 95.0 Å². The Morgan fingerprint density at radius 3 is 2.50 bits per heavy atom. The summed E-state index contributed by atoms with van der Waals surface area (Å²) in [5.41, 5.74) is 2.15. The van der Waals surface area contributed by atoms with Crippen LogP contribution in [0.25, 0.3) is 6.08 Å². The molecule has 2 aliphatic heterocycles. The summed E-state index contributed by atoms with van der Waals surface area (Å²) < 4.78 is 0. The normalized spacial score (nSPS) is 19.6. The van der Waals surface area contributed by atoms with E-state index in [0.29, 0.717) is 5.82 Å². The van der Waals surface area contributed by atoms with Crippen molar-refractivity contribution in [1.29, 1.82) is 0 Å². The Hall–Kier alpha value is -2.81. The molecule has 4 rings (SSSR count). The fourth-order valence-corrected chi connectivity index (χ4v) is 2.83. The van der Waals surface area contributed by atoms with Gasteiger partial charge in [0, 0.05) is 44.5 Å². The first-order chi connectivity index (χ1) is 11.9. The summed E-state index contributed by atoms with van der Waals surface area (Å²) in [7, 11) is 0. The predicted octanol–water partition coefficient (Wildman–Crippen LogP) is -0.521. The number of aromatic nitrogens is 5. The van der Waals surface area contributed by atoms with Gasteiger partial charge in [-0.1, -0.05) is 0 Å². The molecule has 2 aliphatic rings. The van der Waals surface area contributed by atoms with E-state index >= 15 is 0 Å².